The van der Waals surface area contributed by atoms with Gasteiger partial charge < -0.3 is 25.0 Å². The highest BCUT2D eigenvalue weighted by Gasteiger charge is 2.44. The van der Waals surface area contributed by atoms with Crippen molar-refractivity contribution in [1.82, 2.24) is 14.9 Å². The van der Waals surface area contributed by atoms with E-state index in [2.05, 4.69) is 15.3 Å². The minimum atomic E-state index is -5.25. The molecule has 0 radical (unpaired) electrons. The fourth-order valence-corrected chi connectivity index (χ4v) is 4.20. The zero-order valence-electron chi connectivity index (χ0n) is 22.6. The maximum atomic E-state index is 13.4. The number of rotatable bonds is 11. The average molecular weight is 577 g/mol. The van der Waals surface area contributed by atoms with Gasteiger partial charge in [0, 0.05) is 32.6 Å². The second-order valence-corrected chi connectivity index (χ2v) is 9.11. The Labute approximate surface area is 235 Å². The van der Waals surface area contributed by atoms with Gasteiger partial charge in [0.2, 0.25) is 5.95 Å². The molecule has 0 aliphatic carbocycles. The number of likely N-dealkylation sites (tertiary alicyclic amines) is 1. The zero-order chi connectivity index (χ0) is 30.2. The van der Waals surface area contributed by atoms with Crippen LogP contribution in [0, 0.1) is 12.3 Å². The van der Waals surface area contributed by atoms with Crippen LogP contribution in [0.15, 0.2) is 30.5 Å². The summed E-state index contributed by atoms with van der Waals surface area (Å²) in [4.78, 5) is 48.6. The van der Waals surface area contributed by atoms with Gasteiger partial charge in [-0.15, -0.1) is 6.42 Å². The van der Waals surface area contributed by atoms with E-state index in [1.54, 1.807) is 21.9 Å². The Hall–Kier alpha value is -4.54. The van der Waals surface area contributed by atoms with E-state index in [0.29, 0.717) is 31.7 Å². The van der Waals surface area contributed by atoms with Gasteiger partial charge >= 0.3 is 24.1 Å². The highest BCUT2D eigenvalue weighted by Crippen LogP contribution is 2.30. The molecule has 2 aromatic rings. The number of nitrogens with one attached hydrogen (secondary N) is 1. The number of hydrogen-bond donors (Lipinski definition) is 2. The molecule has 1 fully saturated rings. The molecule has 3 rings (SSSR count). The summed E-state index contributed by atoms with van der Waals surface area (Å²) in [6, 6.07) is 4.81. The summed E-state index contributed by atoms with van der Waals surface area (Å²) in [5.74, 6) is -1.46. The number of hydrogen-bond acceptors (Lipinski definition) is 8. The second-order valence-electron chi connectivity index (χ2n) is 9.11. The van der Waals surface area contributed by atoms with E-state index < -0.39 is 42.4 Å². The van der Waals surface area contributed by atoms with Gasteiger partial charge in [-0.05, 0) is 44.4 Å². The number of nitrogens with zero attached hydrogens (tertiary/aromatic N) is 5. The van der Waals surface area contributed by atoms with Crippen molar-refractivity contribution in [3.05, 3.63) is 36.0 Å². The normalized spacial score (nSPS) is 13.7. The molecule has 0 bridgehead atoms. The number of terminal acetylenes is 1. The van der Waals surface area contributed by atoms with Crippen molar-refractivity contribution in [2.24, 2.45) is 0 Å². The summed E-state index contributed by atoms with van der Waals surface area (Å²) < 4.78 is 45.5. The molecule has 1 aromatic carbocycles. The lowest BCUT2D eigenvalue weighted by atomic mass is 10.1. The molecule has 0 saturated carbocycles. The summed E-state index contributed by atoms with van der Waals surface area (Å²) in [5, 5.41) is 12.6. The third-order valence-electron chi connectivity index (χ3n) is 6.37. The lowest BCUT2D eigenvalue weighted by Crippen LogP contribution is -2.42. The van der Waals surface area contributed by atoms with E-state index in [1.807, 2.05) is 19.8 Å². The summed E-state index contributed by atoms with van der Waals surface area (Å²) in [7, 11) is 0. The number of halogens is 3. The Morgan fingerprint density at radius 2 is 1.80 bits per heavy atom. The Morgan fingerprint density at radius 3 is 2.34 bits per heavy atom. The van der Waals surface area contributed by atoms with E-state index >= 15 is 0 Å². The SMILES string of the molecule is C#CCN(C(=O)C(F)(F)F)c1cnc(N(CC)CC)nc1N[C@H](Cc1ccc(OC(=O)N2CCCC2)cc1)C(=O)O. The third kappa shape index (κ3) is 8.00. The van der Waals surface area contributed by atoms with Gasteiger partial charge in [0.25, 0.3) is 0 Å². The third-order valence-corrected chi connectivity index (χ3v) is 6.37. The summed E-state index contributed by atoms with van der Waals surface area (Å²) in [5.41, 5.74) is 0.105. The van der Waals surface area contributed by atoms with Crippen LogP contribution in [0.1, 0.15) is 32.3 Å². The molecule has 14 heteroatoms. The molecule has 11 nitrogen and oxygen atoms in total. The van der Waals surface area contributed by atoms with Crippen molar-refractivity contribution in [2.45, 2.75) is 45.3 Å². The van der Waals surface area contributed by atoms with Gasteiger partial charge in [0.05, 0.1) is 12.7 Å². The number of alkyl halides is 3. The first-order valence-electron chi connectivity index (χ1n) is 13.0. The minimum absolute atomic E-state index is 0.120. The summed E-state index contributed by atoms with van der Waals surface area (Å²) in [6.07, 6.45) is 2.22. The van der Waals surface area contributed by atoms with Crippen molar-refractivity contribution in [3.8, 4) is 18.1 Å². The topological polar surface area (TPSA) is 128 Å². The summed E-state index contributed by atoms with van der Waals surface area (Å²) >= 11 is 0. The Morgan fingerprint density at radius 1 is 1.17 bits per heavy atom. The molecule has 0 unspecified atom stereocenters. The van der Waals surface area contributed by atoms with Crippen molar-refractivity contribution < 1.29 is 37.4 Å². The zero-order valence-corrected chi connectivity index (χ0v) is 22.6. The van der Waals surface area contributed by atoms with Gasteiger partial charge in [-0.2, -0.15) is 18.2 Å². The van der Waals surface area contributed by atoms with Crippen LogP contribution in [-0.2, 0) is 16.0 Å². The van der Waals surface area contributed by atoms with Gasteiger partial charge in [-0.1, -0.05) is 18.1 Å². The van der Waals surface area contributed by atoms with Crippen LogP contribution in [0.25, 0.3) is 0 Å². The fraction of sp³-hybridized carbons (Fsp3) is 0.444. The van der Waals surface area contributed by atoms with E-state index in [1.165, 1.54) is 12.1 Å². The number of aromatic nitrogens is 2. The number of benzene rings is 1. The molecule has 2 amide bonds. The van der Waals surface area contributed by atoms with Crippen LogP contribution < -0.4 is 19.9 Å². The molecular formula is C27H31F3N6O5. The first-order valence-corrected chi connectivity index (χ1v) is 13.0. The fourth-order valence-electron chi connectivity index (χ4n) is 4.20. The lowest BCUT2D eigenvalue weighted by molar-refractivity contribution is -0.170. The van der Waals surface area contributed by atoms with E-state index in [9.17, 15) is 32.7 Å². The Bertz CT molecular complexity index is 1270. The molecular weight excluding hydrogens is 545 g/mol. The van der Waals surface area contributed by atoms with Crippen LogP contribution >= 0.6 is 0 Å². The van der Waals surface area contributed by atoms with Crippen molar-refractivity contribution >= 4 is 35.4 Å². The quantitative estimate of drug-likeness (QED) is 0.386. The lowest BCUT2D eigenvalue weighted by Gasteiger charge is -2.27. The maximum Gasteiger partial charge on any atom is 0.471 e. The molecule has 1 saturated heterocycles. The number of carboxylic acids is 1. The van der Waals surface area contributed by atoms with Crippen molar-refractivity contribution in [2.75, 3.05) is 47.8 Å². The van der Waals surface area contributed by atoms with E-state index in [-0.39, 0.29) is 28.8 Å². The second kappa shape index (κ2) is 13.7. The molecule has 1 aliphatic heterocycles. The first-order chi connectivity index (χ1) is 19.5. The highest BCUT2D eigenvalue weighted by molar-refractivity contribution is 6.00. The molecule has 0 spiro atoms. The van der Waals surface area contributed by atoms with Crippen LogP contribution in [0.3, 0.4) is 0 Å². The standard InChI is InChI=1S/C27H31F3N6O5/c1-4-13-36(24(39)27(28,29)30)21-17-31-25(34(5-2)6-3)33-22(21)32-20(23(37)38)16-18-9-11-19(12-10-18)41-26(40)35-14-7-8-15-35/h1,9-12,17,20H,5-8,13-16H2,2-3H3,(H,37,38)(H,31,32,33)/t20-/m1/s1. The smallest absolute Gasteiger partial charge is 0.471 e. The molecule has 1 atom stereocenters. The number of amides is 2. The number of aliphatic carboxylic acids is 1. The van der Waals surface area contributed by atoms with Crippen molar-refractivity contribution in [1.29, 1.82) is 0 Å². The number of carbonyl (C=O) groups is 3. The first kappa shape index (κ1) is 31.0. The van der Waals surface area contributed by atoms with E-state index in [0.717, 1.165) is 19.0 Å². The molecule has 2 N–H and O–H groups in total. The predicted octanol–water partition coefficient (Wildman–Crippen LogP) is 3.55. The van der Waals surface area contributed by atoms with Gasteiger partial charge in [-0.3, -0.25) is 9.69 Å². The number of carbonyl (C=O) groups excluding carboxylic acids is 2. The predicted molar refractivity (Wildman–Crippen MR) is 145 cm³/mol. The average Bonchev–Trinajstić information content (AvgIpc) is 3.48. The molecule has 220 valence electrons. The van der Waals surface area contributed by atoms with Gasteiger partial charge in [0.15, 0.2) is 5.82 Å². The molecule has 1 aromatic heterocycles. The molecule has 1 aliphatic rings. The van der Waals surface area contributed by atoms with Crippen LogP contribution in [-0.4, -0.2) is 82.9 Å². The van der Waals surface area contributed by atoms with Crippen LogP contribution in [0.4, 0.5) is 35.4 Å². The minimum Gasteiger partial charge on any atom is -0.480 e. The molecule has 2 heterocycles. The van der Waals surface area contributed by atoms with Gasteiger partial charge in [0.1, 0.15) is 17.5 Å². The number of carboxylic acid groups (broad SMARTS) is 1. The Kier molecular flexibility index (Phi) is 10.3. The monoisotopic (exact) mass is 576 g/mol. The number of ether oxygens (including phenoxy) is 1. The molecule has 41 heavy (non-hydrogen) atoms. The van der Waals surface area contributed by atoms with E-state index in [4.69, 9.17) is 11.2 Å². The van der Waals surface area contributed by atoms with Crippen LogP contribution in [0.2, 0.25) is 0 Å². The number of anilines is 3. The maximum absolute atomic E-state index is 13.4. The highest BCUT2D eigenvalue weighted by atomic mass is 19.4. The van der Waals surface area contributed by atoms with Crippen molar-refractivity contribution in [3.63, 3.8) is 0 Å². The van der Waals surface area contributed by atoms with Gasteiger partial charge in [-0.25, -0.2) is 14.6 Å². The Balaban J connectivity index is 1.90. The largest absolute Gasteiger partial charge is 0.480 e. The van der Waals surface area contributed by atoms with Crippen LogP contribution in [0.5, 0.6) is 5.75 Å². The summed E-state index contributed by atoms with van der Waals surface area (Å²) in [6.45, 7) is 5.05.